The molecule has 2 aromatic carbocycles. The maximum atomic E-state index is 12.3. The number of ether oxygens (including phenoxy) is 1. The van der Waals surface area contributed by atoms with Crippen LogP contribution in [0.4, 0.5) is 0 Å². The van der Waals surface area contributed by atoms with Crippen LogP contribution in [0.25, 0.3) is 0 Å². The molecule has 6 heteroatoms. The molecule has 124 valence electrons. The summed E-state index contributed by atoms with van der Waals surface area (Å²) < 4.78 is 5.27. The van der Waals surface area contributed by atoms with Gasteiger partial charge in [-0.3, -0.25) is 14.5 Å². The van der Waals surface area contributed by atoms with Crippen LogP contribution in [0.1, 0.15) is 20.7 Å². The average molecular weight is 343 g/mol. The maximum absolute atomic E-state index is 12.3. The van der Waals surface area contributed by atoms with Crippen molar-refractivity contribution >= 4 is 23.6 Å². The van der Waals surface area contributed by atoms with Gasteiger partial charge in [-0.2, -0.15) is 0 Å². The summed E-state index contributed by atoms with van der Waals surface area (Å²) in [6.45, 7) is -0.0193. The lowest BCUT2D eigenvalue weighted by molar-refractivity contribution is 0.0567. The number of rotatable bonds is 6. The molecule has 3 rings (SSSR count). The average Bonchev–Trinajstić information content (AvgIpc) is 2.85. The maximum Gasteiger partial charge on any atom is 0.261 e. The quantitative estimate of drug-likeness (QED) is 0.645. The molecule has 1 aliphatic heterocycles. The fourth-order valence-corrected chi connectivity index (χ4v) is 3.54. The molecule has 5 nitrogen and oxygen atoms in total. The third-order valence-corrected chi connectivity index (χ3v) is 4.97. The van der Waals surface area contributed by atoms with E-state index in [2.05, 4.69) is 0 Å². The molecule has 0 radical (unpaired) electrons. The molecule has 0 saturated heterocycles. The zero-order valence-electron chi connectivity index (χ0n) is 13.1. The van der Waals surface area contributed by atoms with Crippen molar-refractivity contribution in [3.63, 3.8) is 0 Å². The molecule has 1 N–H and O–H groups in total. The topological polar surface area (TPSA) is 66.8 Å². The predicted molar refractivity (Wildman–Crippen MR) is 91.5 cm³/mol. The number of nitrogens with zero attached hydrogens (tertiary/aromatic N) is 1. The van der Waals surface area contributed by atoms with Crippen molar-refractivity contribution in [1.82, 2.24) is 4.90 Å². The van der Waals surface area contributed by atoms with Crippen LogP contribution >= 0.6 is 11.8 Å². The van der Waals surface area contributed by atoms with Gasteiger partial charge in [0.05, 0.1) is 30.9 Å². The fraction of sp³-hybridized carbons (Fsp3) is 0.222. The predicted octanol–water partition coefficient (Wildman–Crippen LogP) is 2.44. The molecule has 0 unspecified atom stereocenters. The molecule has 0 fully saturated rings. The summed E-state index contributed by atoms with van der Waals surface area (Å²) in [5.74, 6) is 0.387. The van der Waals surface area contributed by atoms with Gasteiger partial charge in [0.15, 0.2) is 0 Å². The molecule has 2 aromatic rings. The fourth-order valence-electron chi connectivity index (χ4n) is 2.59. The Hall–Kier alpha value is -2.31. The zero-order chi connectivity index (χ0) is 17.1. The number of amides is 2. The Labute approximate surface area is 144 Å². The molecular formula is C18H17NO4S. The Morgan fingerprint density at radius 1 is 1.04 bits per heavy atom. The highest BCUT2D eigenvalue weighted by Crippen LogP contribution is 2.29. The number of imide groups is 1. The minimum atomic E-state index is -0.817. The second-order valence-electron chi connectivity index (χ2n) is 5.38. The molecule has 0 spiro atoms. The standard InChI is InChI=1S/C18H17NO4S/c1-23-15-8-4-5-9-16(15)24-11-12(20)10-19-17(21)13-6-2-3-7-14(13)18(19)22/h2-9,12,20H,10-11H2,1H3/t12-/m0/s1. The van der Waals surface area contributed by atoms with E-state index in [9.17, 15) is 14.7 Å². The van der Waals surface area contributed by atoms with E-state index in [1.165, 1.54) is 11.8 Å². The summed E-state index contributed by atoms with van der Waals surface area (Å²) >= 11 is 1.43. The molecule has 2 amide bonds. The lowest BCUT2D eigenvalue weighted by Crippen LogP contribution is -2.37. The number of β-amino-alcohol motifs (C(OH)–C–C–N with tert-alkyl or cyclic N) is 1. The number of fused-ring (bicyclic) bond motifs is 1. The SMILES string of the molecule is COc1ccccc1SC[C@@H](O)CN1C(=O)c2ccccc2C1=O. The van der Waals surface area contributed by atoms with Crippen LogP contribution < -0.4 is 4.74 Å². The van der Waals surface area contributed by atoms with Crippen molar-refractivity contribution < 1.29 is 19.4 Å². The summed E-state index contributed by atoms with van der Waals surface area (Å²) in [6.07, 6.45) is -0.817. The number of carbonyl (C=O) groups excluding carboxylic acids is 2. The lowest BCUT2D eigenvalue weighted by atomic mass is 10.1. The van der Waals surface area contributed by atoms with Crippen LogP contribution in [-0.2, 0) is 0 Å². The molecule has 1 aliphatic rings. The van der Waals surface area contributed by atoms with Gasteiger partial charge in [-0.05, 0) is 24.3 Å². The summed E-state index contributed by atoms with van der Waals surface area (Å²) in [5.41, 5.74) is 0.791. The zero-order valence-corrected chi connectivity index (χ0v) is 14.0. The van der Waals surface area contributed by atoms with Crippen molar-refractivity contribution in [1.29, 1.82) is 0 Å². The van der Waals surface area contributed by atoms with Crippen molar-refractivity contribution in [2.75, 3.05) is 19.4 Å². The highest BCUT2D eigenvalue weighted by molar-refractivity contribution is 7.99. The minimum Gasteiger partial charge on any atom is -0.496 e. The van der Waals surface area contributed by atoms with Gasteiger partial charge < -0.3 is 9.84 Å². The van der Waals surface area contributed by atoms with Crippen LogP contribution in [0.5, 0.6) is 5.75 Å². The van der Waals surface area contributed by atoms with Crippen molar-refractivity contribution in [3.8, 4) is 5.75 Å². The van der Waals surface area contributed by atoms with E-state index in [0.717, 1.165) is 15.5 Å². The number of carbonyl (C=O) groups is 2. The van der Waals surface area contributed by atoms with Gasteiger partial charge in [0.1, 0.15) is 5.75 Å². The second kappa shape index (κ2) is 7.07. The molecule has 24 heavy (non-hydrogen) atoms. The number of para-hydroxylation sites is 1. The third-order valence-electron chi connectivity index (χ3n) is 3.77. The lowest BCUT2D eigenvalue weighted by Gasteiger charge is -2.18. The first-order valence-corrected chi connectivity index (χ1v) is 8.49. The van der Waals surface area contributed by atoms with E-state index >= 15 is 0 Å². The van der Waals surface area contributed by atoms with Gasteiger partial charge in [-0.15, -0.1) is 11.8 Å². The van der Waals surface area contributed by atoms with Gasteiger partial charge in [0.25, 0.3) is 11.8 Å². The summed E-state index contributed by atoms with van der Waals surface area (Å²) in [4.78, 5) is 26.6. The van der Waals surface area contributed by atoms with Crippen LogP contribution in [0.3, 0.4) is 0 Å². The Bertz CT molecular complexity index is 742. The first-order chi connectivity index (χ1) is 11.6. The van der Waals surface area contributed by atoms with E-state index in [1.54, 1.807) is 31.4 Å². The molecule has 1 atom stereocenters. The van der Waals surface area contributed by atoms with Gasteiger partial charge in [0.2, 0.25) is 0 Å². The van der Waals surface area contributed by atoms with Crippen LogP contribution in [0.15, 0.2) is 53.4 Å². The third kappa shape index (κ3) is 3.16. The molecular weight excluding hydrogens is 326 g/mol. The van der Waals surface area contributed by atoms with Gasteiger partial charge in [-0.25, -0.2) is 0 Å². The Kier molecular flexibility index (Phi) is 4.87. The minimum absolute atomic E-state index is 0.0193. The van der Waals surface area contributed by atoms with E-state index in [0.29, 0.717) is 16.9 Å². The van der Waals surface area contributed by atoms with Gasteiger partial charge in [-0.1, -0.05) is 24.3 Å². The van der Waals surface area contributed by atoms with Crippen molar-refractivity contribution in [2.24, 2.45) is 0 Å². The van der Waals surface area contributed by atoms with Gasteiger partial charge >= 0.3 is 0 Å². The number of methoxy groups -OCH3 is 1. The number of aliphatic hydroxyl groups is 1. The van der Waals surface area contributed by atoms with E-state index in [-0.39, 0.29) is 18.4 Å². The van der Waals surface area contributed by atoms with Crippen molar-refractivity contribution in [2.45, 2.75) is 11.0 Å². The molecule has 0 saturated carbocycles. The largest absolute Gasteiger partial charge is 0.496 e. The highest BCUT2D eigenvalue weighted by Gasteiger charge is 2.36. The number of hydrogen-bond acceptors (Lipinski definition) is 5. The molecule has 1 heterocycles. The summed E-state index contributed by atoms with van der Waals surface area (Å²) in [6, 6.07) is 14.2. The number of benzene rings is 2. The molecule has 0 aliphatic carbocycles. The Morgan fingerprint density at radius 3 is 2.25 bits per heavy atom. The number of aliphatic hydroxyl groups excluding tert-OH is 1. The van der Waals surface area contributed by atoms with Gasteiger partial charge in [0, 0.05) is 10.6 Å². The van der Waals surface area contributed by atoms with Crippen molar-refractivity contribution in [3.05, 3.63) is 59.7 Å². The molecule has 0 bridgehead atoms. The van der Waals surface area contributed by atoms with Crippen LogP contribution in [-0.4, -0.2) is 47.3 Å². The van der Waals surface area contributed by atoms with E-state index < -0.39 is 6.10 Å². The Morgan fingerprint density at radius 2 is 1.62 bits per heavy atom. The second-order valence-corrected chi connectivity index (χ2v) is 6.44. The van der Waals surface area contributed by atoms with E-state index in [1.807, 2.05) is 24.3 Å². The number of hydrogen-bond donors (Lipinski definition) is 1. The first-order valence-electron chi connectivity index (χ1n) is 7.51. The molecule has 0 aromatic heterocycles. The van der Waals surface area contributed by atoms with Crippen LogP contribution in [0, 0.1) is 0 Å². The number of thioether (sulfide) groups is 1. The Balaban J connectivity index is 1.63. The smallest absolute Gasteiger partial charge is 0.261 e. The highest BCUT2D eigenvalue weighted by atomic mass is 32.2. The first kappa shape index (κ1) is 16.5. The monoisotopic (exact) mass is 343 g/mol. The normalized spacial score (nSPS) is 14.7. The summed E-state index contributed by atoms with van der Waals surface area (Å²) in [5, 5.41) is 10.2. The van der Waals surface area contributed by atoms with E-state index in [4.69, 9.17) is 4.74 Å². The summed E-state index contributed by atoms with van der Waals surface area (Å²) in [7, 11) is 1.59. The van der Waals surface area contributed by atoms with Crippen LogP contribution in [0.2, 0.25) is 0 Å².